The highest BCUT2D eigenvalue weighted by molar-refractivity contribution is 9.10. The van der Waals surface area contributed by atoms with Crippen LogP contribution in [0, 0.1) is 0 Å². The Labute approximate surface area is 242 Å². The second-order valence-electron chi connectivity index (χ2n) is 8.69. The monoisotopic (exact) mass is 620 g/mol. The first kappa shape index (κ1) is 29.6. The van der Waals surface area contributed by atoms with E-state index in [1.807, 2.05) is 54.6 Å². The Kier molecular flexibility index (Phi) is 12.3. The molecule has 3 rings (SSSR count). The lowest BCUT2D eigenvalue weighted by Gasteiger charge is -2.31. The fourth-order valence-electron chi connectivity index (χ4n) is 3.89. The number of rotatable bonds is 13. The molecule has 0 aliphatic heterocycles. The van der Waals surface area contributed by atoms with Crippen LogP contribution in [-0.4, -0.2) is 35.1 Å². The molecule has 37 heavy (non-hydrogen) atoms. The van der Waals surface area contributed by atoms with Crippen molar-refractivity contribution in [2.75, 3.05) is 12.3 Å². The number of amides is 2. The normalized spacial score (nSPS) is 11.7. The molecule has 0 heterocycles. The van der Waals surface area contributed by atoms with Crippen LogP contribution in [0.2, 0.25) is 10.0 Å². The van der Waals surface area contributed by atoms with Gasteiger partial charge in [-0.25, -0.2) is 0 Å². The number of thioether (sulfide) groups is 1. The van der Waals surface area contributed by atoms with Crippen molar-refractivity contribution in [1.82, 2.24) is 10.2 Å². The van der Waals surface area contributed by atoms with Gasteiger partial charge in [0.15, 0.2) is 0 Å². The van der Waals surface area contributed by atoms with Crippen molar-refractivity contribution in [3.63, 3.8) is 0 Å². The summed E-state index contributed by atoms with van der Waals surface area (Å²) in [5.41, 5.74) is 2.75. The number of hydrogen-bond donors (Lipinski definition) is 1. The Bertz CT molecular complexity index is 1160. The Morgan fingerprint density at radius 3 is 2.32 bits per heavy atom. The summed E-state index contributed by atoms with van der Waals surface area (Å²) in [6, 6.07) is 22.4. The maximum Gasteiger partial charge on any atom is 0.243 e. The summed E-state index contributed by atoms with van der Waals surface area (Å²) in [4.78, 5) is 28.9. The van der Waals surface area contributed by atoms with Gasteiger partial charge in [0.25, 0.3) is 0 Å². The number of nitrogens with one attached hydrogen (secondary N) is 1. The lowest BCUT2D eigenvalue weighted by atomic mass is 10.0. The minimum absolute atomic E-state index is 0.111. The molecular weight excluding hydrogens is 591 g/mol. The van der Waals surface area contributed by atoms with Gasteiger partial charge in [0.1, 0.15) is 6.04 Å². The third-order valence-corrected chi connectivity index (χ3v) is 8.02. The number of benzene rings is 3. The van der Waals surface area contributed by atoms with Gasteiger partial charge in [-0.2, -0.15) is 0 Å². The van der Waals surface area contributed by atoms with Crippen molar-refractivity contribution in [3.8, 4) is 0 Å². The smallest absolute Gasteiger partial charge is 0.243 e. The van der Waals surface area contributed by atoms with Gasteiger partial charge in [0.05, 0.1) is 5.75 Å². The molecule has 0 fully saturated rings. The second-order valence-corrected chi connectivity index (χ2v) is 11.4. The maximum atomic E-state index is 13.7. The molecule has 4 nitrogen and oxygen atoms in total. The topological polar surface area (TPSA) is 49.4 Å². The fourth-order valence-corrected chi connectivity index (χ4v) is 5.98. The molecule has 196 valence electrons. The first-order chi connectivity index (χ1) is 17.9. The van der Waals surface area contributed by atoms with E-state index in [9.17, 15) is 9.59 Å². The molecular formula is C29H31BrCl2N2O2S. The van der Waals surface area contributed by atoms with Gasteiger partial charge in [-0.15, -0.1) is 11.8 Å². The first-order valence-electron chi connectivity index (χ1n) is 12.2. The summed E-state index contributed by atoms with van der Waals surface area (Å²) in [5.74, 6) is 0.448. The van der Waals surface area contributed by atoms with Gasteiger partial charge in [0, 0.05) is 39.8 Å². The Balaban J connectivity index is 1.85. The van der Waals surface area contributed by atoms with Crippen LogP contribution in [0.3, 0.4) is 0 Å². The van der Waals surface area contributed by atoms with Gasteiger partial charge >= 0.3 is 0 Å². The number of carbonyl (C=O) groups excluding carboxylic acids is 2. The van der Waals surface area contributed by atoms with Crippen LogP contribution in [0.4, 0.5) is 0 Å². The molecule has 3 aromatic carbocycles. The molecule has 2 amide bonds. The van der Waals surface area contributed by atoms with E-state index in [4.69, 9.17) is 23.2 Å². The van der Waals surface area contributed by atoms with Crippen LogP contribution < -0.4 is 5.32 Å². The Morgan fingerprint density at radius 2 is 1.65 bits per heavy atom. The Morgan fingerprint density at radius 1 is 0.973 bits per heavy atom. The summed E-state index contributed by atoms with van der Waals surface area (Å²) in [7, 11) is 0. The number of halogens is 3. The molecule has 1 unspecified atom stereocenters. The number of unbranched alkanes of at least 4 members (excludes halogenated alkanes) is 1. The lowest BCUT2D eigenvalue weighted by molar-refractivity contribution is -0.139. The molecule has 8 heteroatoms. The van der Waals surface area contributed by atoms with E-state index in [1.54, 1.807) is 23.1 Å². The predicted molar refractivity (Wildman–Crippen MR) is 159 cm³/mol. The Hall–Kier alpha value is -1.99. The van der Waals surface area contributed by atoms with Crippen LogP contribution in [0.5, 0.6) is 0 Å². The van der Waals surface area contributed by atoms with Crippen molar-refractivity contribution in [2.45, 2.75) is 44.5 Å². The van der Waals surface area contributed by atoms with Gasteiger partial charge in [-0.3, -0.25) is 9.59 Å². The molecule has 0 saturated carbocycles. The molecule has 0 bridgehead atoms. The van der Waals surface area contributed by atoms with E-state index in [-0.39, 0.29) is 17.6 Å². The van der Waals surface area contributed by atoms with E-state index < -0.39 is 6.04 Å². The van der Waals surface area contributed by atoms with Gasteiger partial charge in [0.2, 0.25) is 11.8 Å². The summed E-state index contributed by atoms with van der Waals surface area (Å²) in [6.45, 7) is 2.99. The molecule has 1 atom stereocenters. The minimum Gasteiger partial charge on any atom is -0.354 e. The molecule has 0 aliphatic carbocycles. The van der Waals surface area contributed by atoms with Crippen molar-refractivity contribution < 1.29 is 9.59 Å². The molecule has 0 aliphatic rings. The summed E-state index contributed by atoms with van der Waals surface area (Å²) in [5, 5.41) is 4.21. The SMILES string of the molecule is CCCCNC(=O)C(Cc1ccccc1)N(Cc1cccc(Br)c1)C(=O)CSCc1c(Cl)cccc1Cl. The standard InChI is InChI=1S/C29H31BrCl2N2O2S/c1-2-3-15-33-29(36)27(17-21-9-5-4-6-10-21)34(18-22-11-7-12-23(30)16-22)28(35)20-37-19-24-25(31)13-8-14-26(24)32/h4-14,16,27H,2-3,15,17-20H2,1H3,(H,33,36). The van der Waals surface area contributed by atoms with E-state index in [0.29, 0.717) is 35.3 Å². The van der Waals surface area contributed by atoms with Crippen molar-refractivity contribution >= 4 is 62.7 Å². The molecule has 0 radical (unpaired) electrons. The highest BCUT2D eigenvalue weighted by atomic mass is 79.9. The van der Waals surface area contributed by atoms with E-state index >= 15 is 0 Å². The van der Waals surface area contributed by atoms with Crippen LogP contribution in [0.25, 0.3) is 0 Å². The summed E-state index contributed by atoms with van der Waals surface area (Å²) < 4.78 is 0.923. The highest BCUT2D eigenvalue weighted by Crippen LogP contribution is 2.28. The molecule has 0 spiro atoms. The lowest BCUT2D eigenvalue weighted by Crippen LogP contribution is -2.51. The zero-order chi connectivity index (χ0) is 26.6. The van der Waals surface area contributed by atoms with Gasteiger partial charge < -0.3 is 10.2 Å². The molecule has 1 N–H and O–H groups in total. The molecule has 0 saturated heterocycles. The fraction of sp³-hybridized carbons (Fsp3) is 0.310. The quantitative estimate of drug-likeness (QED) is 0.201. The van der Waals surface area contributed by atoms with Crippen molar-refractivity contribution in [3.05, 3.63) is 104 Å². The van der Waals surface area contributed by atoms with Crippen LogP contribution in [0.15, 0.2) is 77.3 Å². The summed E-state index contributed by atoms with van der Waals surface area (Å²) in [6.07, 6.45) is 2.29. The first-order valence-corrected chi connectivity index (χ1v) is 15.0. The third-order valence-electron chi connectivity index (χ3n) is 5.88. The molecule has 3 aromatic rings. The average molecular weight is 622 g/mol. The average Bonchev–Trinajstić information content (AvgIpc) is 2.88. The zero-order valence-corrected chi connectivity index (χ0v) is 24.7. The van der Waals surface area contributed by atoms with Gasteiger partial charge in [-0.1, -0.05) is 101 Å². The third kappa shape index (κ3) is 9.36. The highest BCUT2D eigenvalue weighted by Gasteiger charge is 2.30. The van der Waals surface area contributed by atoms with Crippen molar-refractivity contribution in [2.24, 2.45) is 0 Å². The maximum absolute atomic E-state index is 13.7. The van der Waals surface area contributed by atoms with Crippen LogP contribution in [-0.2, 0) is 28.3 Å². The molecule has 0 aromatic heterocycles. The second kappa shape index (κ2) is 15.4. The van der Waals surface area contributed by atoms with Crippen molar-refractivity contribution in [1.29, 1.82) is 0 Å². The largest absolute Gasteiger partial charge is 0.354 e. The van der Waals surface area contributed by atoms with E-state index in [0.717, 1.165) is 34.0 Å². The number of carbonyl (C=O) groups is 2. The van der Waals surface area contributed by atoms with E-state index in [1.165, 1.54) is 11.8 Å². The van der Waals surface area contributed by atoms with Crippen LogP contribution in [0.1, 0.15) is 36.5 Å². The van der Waals surface area contributed by atoms with Crippen LogP contribution >= 0.6 is 50.9 Å². The summed E-state index contributed by atoms with van der Waals surface area (Å²) >= 11 is 17.6. The predicted octanol–water partition coefficient (Wildman–Crippen LogP) is 7.55. The van der Waals surface area contributed by atoms with Gasteiger partial charge in [-0.05, 0) is 47.4 Å². The zero-order valence-electron chi connectivity index (χ0n) is 20.8. The number of nitrogens with zero attached hydrogens (tertiary/aromatic N) is 1. The minimum atomic E-state index is -0.643. The number of hydrogen-bond acceptors (Lipinski definition) is 3. The van der Waals surface area contributed by atoms with E-state index in [2.05, 4.69) is 28.2 Å².